The SMILES string of the molecule is O=S(=O)(Nc1ccccc1Br)c1ccc2c(c1)CCC2. The Kier molecular flexibility index (Phi) is 3.56. The Morgan fingerprint density at radius 1 is 1.00 bits per heavy atom. The number of para-hydroxylation sites is 1. The third kappa shape index (κ3) is 2.60. The summed E-state index contributed by atoms with van der Waals surface area (Å²) in [5.41, 5.74) is 2.97. The van der Waals surface area contributed by atoms with Gasteiger partial charge in [-0.05, 0) is 70.6 Å². The lowest BCUT2D eigenvalue weighted by atomic mass is 10.1. The van der Waals surface area contributed by atoms with Crippen molar-refractivity contribution in [3.05, 3.63) is 58.1 Å². The van der Waals surface area contributed by atoms with Crippen molar-refractivity contribution >= 4 is 31.6 Å². The summed E-state index contributed by atoms with van der Waals surface area (Å²) in [4.78, 5) is 0.328. The van der Waals surface area contributed by atoms with Crippen LogP contribution in [-0.2, 0) is 22.9 Å². The molecule has 1 aliphatic rings. The second-order valence-electron chi connectivity index (χ2n) is 4.87. The van der Waals surface area contributed by atoms with Gasteiger partial charge in [-0.1, -0.05) is 18.2 Å². The van der Waals surface area contributed by atoms with E-state index < -0.39 is 10.0 Å². The van der Waals surface area contributed by atoms with Gasteiger partial charge in [0.2, 0.25) is 0 Å². The molecule has 0 saturated carbocycles. The lowest BCUT2D eigenvalue weighted by Crippen LogP contribution is -2.13. The van der Waals surface area contributed by atoms with Gasteiger partial charge >= 0.3 is 0 Å². The summed E-state index contributed by atoms with van der Waals surface area (Å²) < 4.78 is 28.2. The molecule has 0 aromatic heterocycles. The van der Waals surface area contributed by atoms with Crippen LogP contribution in [0.5, 0.6) is 0 Å². The van der Waals surface area contributed by atoms with Crippen molar-refractivity contribution in [3.8, 4) is 0 Å². The van der Waals surface area contributed by atoms with E-state index in [0.29, 0.717) is 10.6 Å². The Morgan fingerprint density at radius 2 is 1.75 bits per heavy atom. The summed E-state index contributed by atoms with van der Waals surface area (Å²) in [6.45, 7) is 0. The van der Waals surface area contributed by atoms with Crippen LogP contribution in [0, 0.1) is 0 Å². The fourth-order valence-corrected chi connectivity index (χ4v) is 4.11. The van der Waals surface area contributed by atoms with Crippen molar-refractivity contribution in [2.24, 2.45) is 0 Å². The zero-order valence-electron chi connectivity index (χ0n) is 10.8. The number of sulfonamides is 1. The Balaban J connectivity index is 1.94. The van der Waals surface area contributed by atoms with Gasteiger partial charge in [0.1, 0.15) is 0 Å². The van der Waals surface area contributed by atoms with E-state index in [1.807, 2.05) is 12.1 Å². The molecule has 0 bridgehead atoms. The quantitative estimate of drug-likeness (QED) is 0.915. The molecule has 1 aliphatic carbocycles. The minimum Gasteiger partial charge on any atom is -0.278 e. The predicted molar refractivity (Wildman–Crippen MR) is 83.4 cm³/mol. The largest absolute Gasteiger partial charge is 0.278 e. The summed E-state index contributed by atoms with van der Waals surface area (Å²) in [5.74, 6) is 0. The third-order valence-corrected chi connectivity index (χ3v) is 5.55. The van der Waals surface area contributed by atoms with E-state index in [4.69, 9.17) is 0 Å². The fourth-order valence-electron chi connectivity index (χ4n) is 2.46. The number of halogens is 1. The standard InChI is InChI=1S/C15H14BrNO2S/c16-14-6-1-2-7-15(14)17-20(18,19)13-9-8-11-4-3-5-12(11)10-13/h1-2,6-10,17H,3-5H2. The summed E-state index contributed by atoms with van der Waals surface area (Å²) in [6, 6.07) is 12.6. The second kappa shape index (κ2) is 5.22. The van der Waals surface area contributed by atoms with E-state index in [0.717, 1.165) is 29.3 Å². The first kappa shape index (κ1) is 13.6. The number of rotatable bonds is 3. The van der Waals surface area contributed by atoms with Crippen LogP contribution in [-0.4, -0.2) is 8.42 Å². The lowest BCUT2D eigenvalue weighted by molar-refractivity contribution is 0.601. The highest BCUT2D eigenvalue weighted by atomic mass is 79.9. The van der Waals surface area contributed by atoms with Crippen molar-refractivity contribution in [1.29, 1.82) is 0 Å². The maximum atomic E-state index is 12.4. The first-order valence-corrected chi connectivity index (χ1v) is 8.73. The molecule has 0 aliphatic heterocycles. The molecule has 0 spiro atoms. The monoisotopic (exact) mass is 351 g/mol. The summed E-state index contributed by atoms with van der Waals surface area (Å²) in [7, 11) is -3.54. The van der Waals surface area contributed by atoms with E-state index in [1.54, 1.807) is 30.3 Å². The van der Waals surface area contributed by atoms with Crippen molar-refractivity contribution < 1.29 is 8.42 Å². The molecule has 3 nitrogen and oxygen atoms in total. The van der Waals surface area contributed by atoms with Gasteiger partial charge in [0.15, 0.2) is 0 Å². The first-order chi connectivity index (χ1) is 9.56. The summed E-state index contributed by atoms with van der Waals surface area (Å²) >= 11 is 3.34. The van der Waals surface area contributed by atoms with Gasteiger partial charge in [-0.25, -0.2) is 8.42 Å². The minimum absolute atomic E-state index is 0.328. The number of benzene rings is 2. The maximum Gasteiger partial charge on any atom is 0.261 e. The van der Waals surface area contributed by atoms with Gasteiger partial charge in [-0.15, -0.1) is 0 Å². The molecule has 0 fully saturated rings. The molecule has 3 rings (SSSR count). The first-order valence-electron chi connectivity index (χ1n) is 6.45. The van der Waals surface area contributed by atoms with E-state index >= 15 is 0 Å². The molecule has 0 saturated heterocycles. The molecule has 0 atom stereocenters. The van der Waals surface area contributed by atoms with E-state index in [9.17, 15) is 8.42 Å². The van der Waals surface area contributed by atoms with Gasteiger partial charge < -0.3 is 0 Å². The number of hydrogen-bond donors (Lipinski definition) is 1. The van der Waals surface area contributed by atoms with Crippen molar-refractivity contribution in [2.45, 2.75) is 24.2 Å². The molecular formula is C15H14BrNO2S. The molecule has 5 heteroatoms. The zero-order chi connectivity index (χ0) is 14.2. The minimum atomic E-state index is -3.54. The molecular weight excluding hydrogens is 338 g/mol. The molecule has 0 amide bonds. The number of fused-ring (bicyclic) bond motifs is 1. The molecule has 104 valence electrons. The highest BCUT2D eigenvalue weighted by Crippen LogP contribution is 2.27. The van der Waals surface area contributed by atoms with Gasteiger partial charge in [0, 0.05) is 4.47 Å². The number of nitrogens with one attached hydrogen (secondary N) is 1. The fraction of sp³-hybridized carbons (Fsp3) is 0.200. The highest BCUT2D eigenvalue weighted by molar-refractivity contribution is 9.10. The smallest absolute Gasteiger partial charge is 0.261 e. The molecule has 20 heavy (non-hydrogen) atoms. The number of hydrogen-bond acceptors (Lipinski definition) is 2. The van der Waals surface area contributed by atoms with Crippen molar-refractivity contribution in [2.75, 3.05) is 4.72 Å². The van der Waals surface area contributed by atoms with Crippen LogP contribution in [0.4, 0.5) is 5.69 Å². The molecule has 0 unspecified atom stereocenters. The maximum absolute atomic E-state index is 12.4. The van der Waals surface area contributed by atoms with Crippen LogP contribution in [0.15, 0.2) is 51.8 Å². The van der Waals surface area contributed by atoms with Gasteiger partial charge in [0.05, 0.1) is 10.6 Å². The van der Waals surface area contributed by atoms with Gasteiger partial charge in [-0.2, -0.15) is 0 Å². The van der Waals surface area contributed by atoms with E-state index in [1.165, 1.54) is 5.56 Å². The summed E-state index contributed by atoms with van der Waals surface area (Å²) in [5, 5.41) is 0. The Labute approximate surface area is 127 Å². The highest BCUT2D eigenvalue weighted by Gasteiger charge is 2.19. The van der Waals surface area contributed by atoms with Crippen LogP contribution in [0.2, 0.25) is 0 Å². The normalized spacial score (nSPS) is 14.1. The second-order valence-corrected chi connectivity index (χ2v) is 7.41. The van der Waals surface area contributed by atoms with Gasteiger partial charge in [0.25, 0.3) is 10.0 Å². The molecule has 2 aromatic rings. The lowest BCUT2D eigenvalue weighted by Gasteiger charge is -2.10. The predicted octanol–water partition coefficient (Wildman–Crippen LogP) is 3.74. The average Bonchev–Trinajstić information content (AvgIpc) is 2.88. The van der Waals surface area contributed by atoms with Gasteiger partial charge in [-0.3, -0.25) is 4.72 Å². The summed E-state index contributed by atoms with van der Waals surface area (Å²) in [6.07, 6.45) is 3.12. The molecule has 2 aromatic carbocycles. The van der Waals surface area contributed by atoms with Crippen LogP contribution < -0.4 is 4.72 Å². The molecule has 0 heterocycles. The van der Waals surface area contributed by atoms with Crippen molar-refractivity contribution in [3.63, 3.8) is 0 Å². The van der Waals surface area contributed by atoms with Crippen LogP contribution in [0.1, 0.15) is 17.5 Å². The molecule has 1 N–H and O–H groups in total. The van der Waals surface area contributed by atoms with Crippen LogP contribution in [0.25, 0.3) is 0 Å². The number of anilines is 1. The number of aryl methyl sites for hydroxylation is 2. The Bertz CT molecular complexity index is 756. The third-order valence-electron chi connectivity index (χ3n) is 3.50. The topological polar surface area (TPSA) is 46.2 Å². The van der Waals surface area contributed by atoms with Crippen LogP contribution >= 0.6 is 15.9 Å². The zero-order valence-corrected chi connectivity index (χ0v) is 13.2. The Morgan fingerprint density at radius 3 is 2.55 bits per heavy atom. The van der Waals surface area contributed by atoms with E-state index in [2.05, 4.69) is 20.7 Å². The average molecular weight is 352 g/mol. The van der Waals surface area contributed by atoms with Crippen LogP contribution in [0.3, 0.4) is 0 Å². The molecule has 0 radical (unpaired) electrons. The van der Waals surface area contributed by atoms with E-state index in [-0.39, 0.29) is 0 Å². The van der Waals surface area contributed by atoms with Crippen molar-refractivity contribution in [1.82, 2.24) is 0 Å². The Hall–Kier alpha value is -1.33.